The topological polar surface area (TPSA) is 71.5 Å². The number of nitrogens with zero attached hydrogens (tertiary/aromatic N) is 2. The molecule has 4 aromatic rings. The normalized spacial score (nSPS) is 11.4. The molecular weight excluding hydrogens is 457 g/mol. The van der Waals surface area contributed by atoms with Gasteiger partial charge in [-0.05, 0) is 47.0 Å². The lowest BCUT2D eigenvalue weighted by atomic mass is 10.0. The van der Waals surface area contributed by atoms with Crippen LogP contribution in [0.3, 0.4) is 0 Å². The molecule has 0 aliphatic heterocycles. The number of pyridine rings is 1. The number of rotatable bonds is 10. The molecule has 1 N–H and O–H groups in total. The van der Waals surface area contributed by atoms with E-state index >= 15 is 0 Å². The summed E-state index contributed by atoms with van der Waals surface area (Å²) in [6.45, 7) is 0.0939. The first-order chi connectivity index (χ1) is 17.6. The van der Waals surface area contributed by atoms with E-state index < -0.39 is 6.04 Å². The zero-order chi connectivity index (χ0) is 25.2. The summed E-state index contributed by atoms with van der Waals surface area (Å²) in [7, 11) is 0. The van der Waals surface area contributed by atoms with E-state index in [1.165, 1.54) is 17.0 Å². The van der Waals surface area contributed by atoms with Crippen molar-refractivity contribution in [3.63, 3.8) is 0 Å². The number of amides is 2. The van der Waals surface area contributed by atoms with E-state index in [1.807, 2.05) is 42.5 Å². The number of para-hydroxylation sites is 1. The number of hydrogen-bond donors (Lipinski definition) is 1. The van der Waals surface area contributed by atoms with Gasteiger partial charge in [-0.15, -0.1) is 0 Å². The molecule has 0 unspecified atom stereocenters. The Morgan fingerprint density at radius 3 is 2.22 bits per heavy atom. The molecular formula is C29H26FN3O3. The largest absolute Gasteiger partial charge is 0.484 e. The molecule has 2 amide bonds. The molecule has 0 fully saturated rings. The average molecular weight is 484 g/mol. The van der Waals surface area contributed by atoms with Crippen LogP contribution in [0.25, 0.3) is 0 Å². The van der Waals surface area contributed by atoms with Crippen LogP contribution in [-0.2, 0) is 22.7 Å². The van der Waals surface area contributed by atoms with Gasteiger partial charge in [0.25, 0.3) is 5.91 Å². The Morgan fingerprint density at radius 2 is 1.56 bits per heavy atom. The molecule has 3 aromatic carbocycles. The predicted octanol–water partition coefficient (Wildman–Crippen LogP) is 4.69. The Kier molecular flexibility index (Phi) is 8.38. The van der Waals surface area contributed by atoms with Crippen LogP contribution in [0.1, 0.15) is 22.7 Å². The highest BCUT2D eigenvalue weighted by Crippen LogP contribution is 2.25. The van der Waals surface area contributed by atoms with Gasteiger partial charge in [0, 0.05) is 25.5 Å². The van der Waals surface area contributed by atoms with Crippen LogP contribution >= 0.6 is 0 Å². The molecule has 0 aliphatic rings. The molecule has 0 aliphatic carbocycles. The Hall–Kier alpha value is -4.52. The summed E-state index contributed by atoms with van der Waals surface area (Å²) < 4.78 is 19.2. The number of aromatic nitrogens is 1. The highest BCUT2D eigenvalue weighted by atomic mass is 19.1. The van der Waals surface area contributed by atoms with Crippen LogP contribution in [0.4, 0.5) is 4.39 Å². The predicted molar refractivity (Wildman–Crippen MR) is 134 cm³/mol. The first-order valence-corrected chi connectivity index (χ1v) is 11.5. The maximum Gasteiger partial charge on any atom is 0.261 e. The third-order valence-electron chi connectivity index (χ3n) is 5.56. The summed E-state index contributed by atoms with van der Waals surface area (Å²) >= 11 is 0. The minimum absolute atomic E-state index is 0.0944. The molecule has 0 radical (unpaired) electrons. The third kappa shape index (κ3) is 6.76. The number of nitrogens with one attached hydrogen (secondary N) is 1. The van der Waals surface area contributed by atoms with Crippen molar-refractivity contribution in [2.45, 2.75) is 19.1 Å². The molecule has 0 saturated heterocycles. The average Bonchev–Trinajstić information content (AvgIpc) is 2.93. The van der Waals surface area contributed by atoms with E-state index in [1.54, 1.807) is 54.9 Å². The van der Waals surface area contributed by atoms with Gasteiger partial charge >= 0.3 is 0 Å². The van der Waals surface area contributed by atoms with Crippen LogP contribution in [-0.4, -0.2) is 28.3 Å². The monoisotopic (exact) mass is 483 g/mol. The van der Waals surface area contributed by atoms with Gasteiger partial charge in [0.15, 0.2) is 6.61 Å². The zero-order valence-corrected chi connectivity index (χ0v) is 19.6. The lowest BCUT2D eigenvalue weighted by Gasteiger charge is -2.31. The van der Waals surface area contributed by atoms with E-state index in [9.17, 15) is 14.0 Å². The highest BCUT2D eigenvalue weighted by molar-refractivity contribution is 5.89. The molecule has 1 aromatic heterocycles. The fourth-order valence-corrected chi connectivity index (χ4v) is 3.75. The second-order valence-corrected chi connectivity index (χ2v) is 8.14. The molecule has 7 heteroatoms. The molecule has 1 heterocycles. The van der Waals surface area contributed by atoms with Gasteiger partial charge in [-0.2, -0.15) is 0 Å². The van der Waals surface area contributed by atoms with E-state index in [2.05, 4.69) is 10.3 Å². The third-order valence-corrected chi connectivity index (χ3v) is 5.56. The second kappa shape index (κ2) is 12.3. The molecule has 4 rings (SSSR count). The van der Waals surface area contributed by atoms with Crippen molar-refractivity contribution in [1.29, 1.82) is 0 Å². The van der Waals surface area contributed by atoms with Gasteiger partial charge < -0.3 is 15.0 Å². The fraction of sp³-hybridized carbons (Fsp3) is 0.138. The summed E-state index contributed by atoms with van der Waals surface area (Å²) in [6, 6.07) is 26.7. The molecule has 36 heavy (non-hydrogen) atoms. The number of carbonyl (C=O) groups excluding carboxylic acids is 2. The number of ether oxygens (including phenoxy) is 1. The van der Waals surface area contributed by atoms with Gasteiger partial charge in [-0.1, -0.05) is 66.7 Å². The lowest BCUT2D eigenvalue weighted by molar-refractivity contribution is -0.143. The molecule has 0 bridgehead atoms. The van der Waals surface area contributed by atoms with Crippen molar-refractivity contribution in [3.05, 3.63) is 132 Å². The summed E-state index contributed by atoms with van der Waals surface area (Å²) in [5.41, 5.74) is 2.17. The minimum Gasteiger partial charge on any atom is -0.484 e. The van der Waals surface area contributed by atoms with Crippen molar-refractivity contribution in [3.8, 4) is 5.75 Å². The van der Waals surface area contributed by atoms with E-state index in [-0.39, 0.29) is 37.3 Å². The maximum absolute atomic E-state index is 13.6. The van der Waals surface area contributed by atoms with Gasteiger partial charge in [0.05, 0.1) is 0 Å². The van der Waals surface area contributed by atoms with Gasteiger partial charge in [0.1, 0.15) is 17.6 Å². The van der Waals surface area contributed by atoms with Crippen molar-refractivity contribution in [2.75, 3.05) is 6.61 Å². The summed E-state index contributed by atoms with van der Waals surface area (Å²) in [4.78, 5) is 32.6. The van der Waals surface area contributed by atoms with Crippen LogP contribution in [0.15, 0.2) is 109 Å². The quantitative estimate of drug-likeness (QED) is 0.355. The van der Waals surface area contributed by atoms with Crippen LogP contribution in [0, 0.1) is 5.82 Å². The fourth-order valence-electron chi connectivity index (χ4n) is 3.75. The Labute approximate surface area is 209 Å². The molecule has 6 nitrogen and oxygen atoms in total. The minimum atomic E-state index is -0.931. The lowest BCUT2D eigenvalue weighted by Crippen LogP contribution is -2.45. The van der Waals surface area contributed by atoms with E-state index in [4.69, 9.17) is 4.74 Å². The first kappa shape index (κ1) is 24.6. The van der Waals surface area contributed by atoms with Crippen molar-refractivity contribution in [2.24, 2.45) is 0 Å². The van der Waals surface area contributed by atoms with Gasteiger partial charge in [0.2, 0.25) is 5.91 Å². The maximum atomic E-state index is 13.6. The molecule has 1 atom stereocenters. The van der Waals surface area contributed by atoms with Crippen molar-refractivity contribution >= 4 is 11.8 Å². The second-order valence-electron chi connectivity index (χ2n) is 8.14. The van der Waals surface area contributed by atoms with Gasteiger partial charge in [-0.25, -0.2) is 4.39 Å². The molecule has 182 valence electrons. The van der Waals surface area contributed by atoms with Crippen molar-refractivity contribution in [1.82, 2.24) is 15.2 Å². The number of benzene rings is 3. The van der Waals surface area contributed by atoms with E-state index in [0.717, 1.165) is 5.56 Å². The van der Waals surface area contributed by atoms with E-state index in [0.29, 0.717) is 16.9 Å². The Bertz CT molecular complexity index is 1250. The Balaban J connectivity index is 1.62. The number of halogens is 1. The summed E-state index contributed by atoms with van der Waals surface area (Å²) in [6.07, 6.45) is 3.33. The van der Waals surface area contributed by atoms with Crippen LogP contribution < -0.4 is 10.1 Å². The van der Waals surface area contributed by atoms with Crippen LogP contribution in [0.2, 0.25) is 0 Å². The zero-order valence-electron chi connectivity index (χ0n) is 19.6. The standard InChI is InChI=1S/C29H26FN3O3/c30-25-15-13-22(14-16-25)20-33(27(34)21-36-26-11-5-2-6-12-26)28(24-9-3-1-4-10-24)29(35)32-19-23-8-7-17-31-18-23/h1-18,28H,19-21H2,(H,32,35)/t28-/m0/s1. The molecule has 0 saturated carbocycles. The number of hydrogen-bond acceptors (Lipinski definition) is 4. The van der Waals surface area contributed by atoms with Gasteiger partial charge in [-0.3, -0.25) is 14.6 Å². The SMILES string of the molecule is O=C(NCc1cccnc1)[C@H](c1ccccc1)N(Cc1ccc(F)cc1)C(=O)COc1ccccc1. The summed E-state index contributed by atoms with van der Waals surface area (Å²) in [5, 5.41) is 2.93. The Morgan fingerprint density at radius 1 is 0.861 bits per heavy atom. The van der Waals surface area contributed by atoms with Crippen LogP contribution in [0.5, 0.6) is 5.75 Å². The first-order valence-electron chi connectivity index (χ1n) is 11.5. The number of carbonyl (C=O) groups is 2. The smallest absolute Gasteiger partial charge is 0.261 e. The summed E-state index contributed by atoms with van der Waals surface area (Å²) in [5.74, 6) is -0.559. The highest BCUT2D eigenvalue weighted by Gasteiger charge is 2.31. The molecule has 0 spiro atoms. The van der Waals surface area contributed by atoms with Crippen molar-refractivity contribution < 1.29 is 18.7 Å².